The maximum Gasteiger partial charge on any atom is 0.157 e. The molecule has 2 unspecified atom stereocenters. The third kappa shape index (κ3) is 1.18. The number of hydrogen-bond donors (Lipinski definition) is 1. The first-order chi connectivity index (χ1) is 5.29. The molecule has 1 saturated carbocycles. The van der Waals surface area contributed by atoms with Crippen molar-refractivity contribution >= 4 is 0 Å². The van der Waals surface area contributed by atoms with Crippen molar-refractivity contribution in [3.05, 3.63) is 0 Å². The zero-order chi connectivity index (χ0) is 7.84. The minimum absolute atomic E-state index is 0.434. The average Bonchev–Trinajstić information content (AvgIpc) is 2.34. The van der Waals surface area contributed by atoms with Crippen molar-refractivity contribution in [2.45, 2.75) is 32.5 Å². The minimum Gasteiger partial charge on any atom is -0.368 e. The van der Waals surface area contributed by atoms with Gasteiger partial charge in [0.15, 0.2) is 6.29 Å². The molecule has 1 N–H and O–H groups in total. The van der Waals surface area contributed by atoms with E-state index in [1.807, 2.05) is 0 Å². The largest absolute Gasteiger partial charge is 0.368 e. The lowest BCUT2D eigenvalue weighted by Gasteiger charge is -2.32. The summed E-state index contributed by atoms with van der Waals surface area (Å²) in [4.78, 5) is 0. The molecule has 64 valence electrons. The first-order valence-electron chi connectivity index (χ1n) is 4.58. The fourth-order valence-corrected chi connectivity index (χ4v) is 2.63. The summed E-state index contributed by atoms with van der Waals surface area (Å²) in [6.45, 7) is 2.98. The second kappa shape index (κ2) is 2.76. The van der Waals surface area contributed by atoms with Gasteiger partial charge in [0.05, 0.1) is 6.61 Å². The van der Waals surface area contributed by atoms with Gasteiger partial charge in [-0.2, -0.15) is 0 Å². The molecule has 1 saturated heterocycles. The van der Waals surface area contributed by atoms with Gasteiger partial charge in [-0.1, -0.05) is 6.92 Å². The van der Waals surface area contributed by atoms with Gasteiger partial charge < -0.3 is 9.84 Å². The summed E-state index contributed by atoms with van der Waals surface area (Å²) in [6.07, 6.45) is 3.26. The van der Waals surface area contributed by atoms with Crippen molar-refractivity contribution < 1.29 is 9.84 Å². The Labute approximate surface area is 67.6 Å². The predicted molar refractivity (Wildman–Crippen MR) is 42.0 cm³/mol. The third-order valence-electron chi connectivity index (χ3n) is 3.30. The molecule has 2 aliphatic rings. The van der Waals surface area contributed by atoms with Crippen LogP contribution in [0.5, 0.6) is 0 Å². The molecule has 0 aromatic heterocycles. The minimum atomic E-state index is -0.466. The molecule has 1 aliphatic carbocycles. The molecule has 2 rings (SSSR count). The number of fused-ring (bicyclic) bond motifs is 1. The summed E-state index contributed by atoms with van der Waals surface area (Å²) in [5.74, 6) is 1.84. The summed E-state index contributed by atoms with van der Waals surface area (Å²) in [7, 11) is 0. The lowest BCUT2D eigenvalue weighted by Crippen LogP contribution is -2.35. The summed E-state index contributed by atoms with van der Waals surface area (Å²) in [5.41, 5.74) is 0. The van der Waals surface area contributed by atoms with E-state index >= 15 is 0 Å². The molecule has 2 heteroatoms. The van der Waals surface area contributed by atoms with Gasteiger partial charge in [-0.15, -0.1) is 0 Å². The molecule has 2 nitrogen and oxygen atoms in total. The highest BCUT2D eigenvalue weighted by Gasteiger charge is 2.40. The standard InChI is InChI=1S/C9H16O2/c1-6-2-3-7-4-5-11-9(10)8(6)7/h6-10H,2-5H2,1H3/t6?,7-,8-,9?/m1/s1. The fourth-order valence-electron chi connectivity index (χ4n) is 2.63. The van der Waals surface area contributed by atoms with Gasteiger partial charge in [0.1, 0.15) is 0 Å². The number of aliphatic hydroxyl groups excluding tert-OH is 1. The van der Waals surface area contributed by atoms with E-state index < -0.39 is 6.29 Å². The van der Waals surface area contributed by atoms with E-state index in [1.165, 1.54) is 12.8 Å². The Bertz CT molecular complexity index is 144. The molecule has 0 aromatic rings. The highest BCUT2D eigenvalue weighted by atomic mass is 16.6. The van der Waals surface area contributed by atoms with Crippen molar-refractivity contribution in [3.63, 3.8) is 0 Å². The van der Waals surface area contributed by atoms with Gasteiger partial charge in [-0.25, -0.2) is 0 Å². The Hall–Kier alpha value is -0.0800. The molecule has 0 radical (unpaired) electrons. The van der Waals surface area contributed by atoms with Gasteiger partial charge in [0, 0.05) is 5.92 Å². The molecular formula is C9H16O2. The van der Waals surface area contributed by atoms with Crippen LogP contribution in [0.4, 0.5) is 0 Å². The second-order valence-electron chi connectivity index (χ2n) is 3.94. The predicted octanol–water partition coefficient (Wildman–Crippen LogP) is 1.39. The zero-order valence-corrected chi connectivity index (χ0v) is 6.99. The Morgan fingerprint density at radius 1 is 1.27 bits per heavy atom. The Morgan fingerprint density at radius 2 is 2.09 bits per heavy atom. The summed E-state index contributed by atoms with van der Waals surface area (Å²) in [6, 6.07) is 0. The van der Waals surface area contributed by atoms with Gasteiger partial charge in [-0.05, 0) is 31.1 Å². The Balaban J connectivity index is 2.08. The van der Waals surface area contributed by atoms with Crippen molar-refractivity contribution in [1.82, 2.24) is 0 Å². The molecule has 0 aromatic carbocycles. The van der Waals surface area contributed by atoms with Crippen LogP contribution in [-0.2, 0) is 4.74 Å². The highest BCUT2D eigenvalue weighted by Crippen LogP contribution is 2.43. The van der Waals surface area contributed by atoms with Crippen molar-refractivity contribution in [3.8, 4) is 0 Å². The van der Waals surface area contributed by atoms with Crippen molar-refractivity contribution in [2.75, 3.05) is 6.61 Å². The Morgan fingerprint density at radius 3 is 2.82 bits per heavy atom. The summed E-state index contributed by atoms with van der Waals surface area (Å²) in [5, 5.41) is 9.53. The van der Waals surface area contributed by atoms with Gasteiger partial charge in [0.2, 0.25) is 0 Å². The molecule has 0 spiro atoms. The van der Waals surface area contributed by atoms with Crippen LogP contribution in [0.1, 0.15) is 26.2 Å². The molecule has 0 bridgehead atoms. The van der Waals surface area contributed by atoms with E-state index in [1.54, 1.807) is 0 Å². The monoisotopic (exact) mass is 156 g/mol. The number of hydrogen-bond acceptors (Lipinski definition) is 2. The van der Waals surface area contributed by atoms with E-state index in [9.17, 15) is 5.11 Å². The van der Waals surface area contributed by atoms with Gasteiger partial charge >= 0.3 is 0 Å². The smallest absolute Gasteiger partial charge is 0.157 e. The lowest BCUT2D eigenvalue weighted by atomic mass is 9.86. The van der Waals surface area contributed by atoms with E-state index in [0.29, 0.717) is 11.8 Å². The van der Waals surface area contributed by atoms with Crippen LogP contribution in [0, 0.1) is 17.8 Å². The molecule has 1 heterocycles. The van der Waals surface area contributed by atoms with Crippen LogP contribution in [0.3, 0.4) is 0 Å². The van der Waals surface area contributed by atoms with E-state index in [4.69, 9.17) is 4.74 Å². The quantitative estimate of drug-likeness (QED) is 0.574. The highest BCUT2D eigenvalue weighted by molar-refractivity contribution is 4.86. The topological polar surface area (TPSA) is 29.5 Å². The Kier molecular flexibility index (Phi) is 1.90. The maximum absolute atomic E-state index is 9.53. The molecular weight excluding hydrogens is 140 g/mol. The average molecular weight is 156 g/mol. The van der Waals surface area contributed by atoms with Crippen LogP contribution >= 0.6 is 0 Å². The van der Waals surface area contributed by atoms with Crippen LogP contribution in [0.15, 0.2) is 0 Å². The van der Waals surface area contributed by atoms with Gasteiger partial charge in [0.25, 0.3) is 0 Å². The fraction of sp³-hybridized carbons (Fsp3) is 1.00. The molecule has 2 fully saturated rings. The van der Waals surface area contributed by atoms with Crippen LogP contribution in [0.25, 0.3) is 0 Å². The SMILES string of the molecule is CC1CC[C@@H]2CCOC(O)[C@H]12. The number of rotatable bonds is 0. The molecule has 4 atom stereocenters. The van der Waals surface area contributed by atoms with Crippen LogP contribution < -0.4 is 0 Å². The molecule has 11 heavy (non-hydrogen) atoms. The van der Waals surface area contributed by atoms with Crippen LogP contribution in [-0.4, -0.2) is 18.0 Å². The van der Waals surface area contributed by atoms with Crippen molar-refractivity contribution in [1.29, 1.82) is 0 Å². The van der Waals surface area contributed by atoms with E-state index in [0.717, 1.165) is 18.9 Å². The summed E-state index contributed by atoms with van der Waals surface area (Å²) < 4.78 is 5.22. The first kappa shape index (κ1) is 7.56. The van der Waals surface area contributed by atoms with Crippen LogP contribution in [0.2, 0.25) is 0 Å². The van der Waals surface area contributed by atoms with E-state index in [-0.39, 0.29) is 0 Å². The first-order valence-corrected chi connectivity index (χ1v) is 4.58. The van der Waals surface area contributed by atoms with Crippen molar-refractivity contribution in [2.24, 2.45) is 17.8 Å². The molecule has 1 aliphatic heterocycles. The summed E-state index contributed by atoms with van der Waals surface area (Å²) >= 11 is 0. The number of ether oxygens (including phenoxy) is 1. The molecule has 0 amide bonds. The normalized spacial score (nSPS) is 50.7. The zero-order valence-electron chi connectivity index (χ0n) is 6.99. The van der Waals surface area contributed by atoms with E-state index in [2.05, 4.69) is 6.92 Å². The van der Waals surface area contributed by atoms with Gasteiger partial charge in [-0.3, -0.25) is 0 Å². The lowest BCUT2D eigenvalue weighted by molar-refractivity contribution is -0.178. The third-order valence-corrected chi connectivity index (χ3v) is 3.30. The number of aliphatic hydroxyl groups is 1. The second-order valence-corrected chi connectivity index (χ2v) is 3.94. The maximum atomic E-state index is 9.53.